The van der Waals surface area contributed by atoms with Crippen molar-refractivity contribution in [3.63, 3.8) is 0 Å². The normalized spacial score (nSPS) is 12.3. The standard InChI is InChI=1S/C16H24N4O/c1-4-17-13(2)5-6-14-7-9-15(10-8-14)21-11-16-19-18-12-20(16)3/h7-10,12-13,17H,4-6,11H2,1-3H3. The Hall–Kier alpha value is -1.88. The molecule has 114 valence electrons. The molecule has 21 heavy (non-hydrogen) atoms. The summed E-state index contributed by atoms with van der Waals surface area (Å²) < 4.78 is 7.57. The minimum Gasteiger partial charge on any atom is -0.486 e. The molecule has 0 bridgehead atoms. The summed E-state index contributed by atoms with van der Waals surface area (Å²) in [6, 6.07) is 8.85. The molecule has 1 unspecified atom stereocenters. The Bertz CT molecular complexity index is 535. The van der Waals surface area contributed by atoms with E-state index in [0.717, 1.165) is 31.0 Å². The third-order valence-electron chi connectivity index (χ3n) is 3.52. The average molecular weight is 288 g/mol. The first-order chi connectivity index (χ1) is 10.2. The SMILES string of the molecule is CCNC(C)CCc1ccc(OCc2nncn2C)cc1. The van der Waals surface area contributed by atoms with Crippen LogP contribution in [0.15, 0.2) is 30.6 Å². The Morgan fingerprint density at radius 2 is 2.05 bits per heavy atom. The van der Waals surface area contributed by atoms with Gasteiger partial charge in [-0.1, -0.05) is 19.1 Å². The summed E-state index contributed by atoms with van der Waals surface area (Å²) in [5.41, 5.74) is 1.34. The van der Waals surface area contributed by atoms with Crippen molar-refractivity contribution in [2.45, 2.75) is 39.3 Å². The molecule has 1 N–H and O–H groups in total. The average Bonchev–Trinajstić information content (AvgIpc) is 2.90. The number of hydrogen-bond acceptors (Lipinski definition) is 4. The number of aromatic nitrogens is 3. The summed E-state index contributed by atoms with van der Waals surface area (Å²) in [5.74, 6) is 1.68. The second-order valence-electron chi connectivity index (χ2n) is 5.29. The topological polar surface area (TPSA) is 52.0 Å². The number of benzene rings is 1. The molecule has 1 aromatic carbocycles. The van der Waals surface area contributed by atoms with Gasteiger partial charge in [0.2, 0.25) is 0 Å². The Kier molecular flexibility index (Phi) is 5.75. The number of rotatable bonds is 8. The van der Waals surface area contributed by atoms with Crippen LogP contribution in [0.1, 0.15) is 31.7 Å². The Labute approximate surface area is 126 Å². The van der Waals surface area contributed by atoms with Crippen molar-refractivity contribution >= 4 is 0 Å². The van der Waals surface area contributed by atoms with E-state index in [2.05, 4.69) is 41.5 Å². The molecule has 2 aromatic rings. The minimum atomic E-state index is 0.438. The largest absolute Gasteiger partial charge is 0.486 e. The summed E-state index contributed by atoms with van der Waals surface area (Å²) in [5, 5.41) is 11.3. The quantitative estimate of drug-likeness (QED) is 0.810. The van der Waals surface area contributed by atoms with Gasteiger partial charge in [0.1, 0.15) is 18.7 Å². The predicted molar refractivity (Wildman–Crippen MR) is 83.2 cm³/mol. The van der Waals surface area contributed by atoms with E-state index in [9.17, 15) is 0 Å². The maximum absolute atomic E-state index is 5.71. The molecule has 0 saturated carbocycles. The highest BCUT2D eigenvalue weighted by atomic mass is 16.5. The van der Waals surface area contributed by atoms with Crippen molar-refractivity contribution in [1.29, 1.82) is 0 Å². The molecule has 0 amide bonds. The van der Waals surface area contributed by atoms with Crippen LogP contribution >= 0.6 is 0 Å². The van der Waals surface area contributed by atoms with E-state index in [4.69, 9.17) is 4.74 Å². The number of hydrogen-bond donors (Lipinski definition) is 1. The van der Waals surface area contributed by atoms with Crippen LogP contribution in [-0.4, -0.2) is 27.4 Å². The van der Waals surface area contributed by atoms with Gasteiger partial charge in [0.25, 0.3) is 0 Å². The van der Waals surface area contributed by atoms with E-state index in [-0.39, 0.29) is 0 Å². The summed E-state index contributed by atoms with van der Waals surface area (Å²) in [6.07, 6.45) is 3.90. The van der Waals surface area contributed by atoms with Gasteiger partial charge in [-0.05, 0) is 44.0 Å². The summed E-state index contributed by atoms with van der Waals surface area (Å²) in [4.78, 5) is 0. The molecule has 1 atom stereocenters. The maximum Gasteiger partial charge on any atom is 0.170 e. The second kappa shape index (κ2) is 7.78. The number of nitrogens with zero attached hydrogens (tertiary/aromatic N) is 3. The molecule has 0 aliphatic carbocycles. The van der Waals surface area contributed by atoms with Crippen LogP contribution in [0.2, 0.25) is 0 Å². The van der Waals surface area contributed by atoms with Gasteiger partial charge in [-0.2, -0.15) is 0 Å². The van der Waals surface area contributed by atoms with Crippen molar-refractivity contribution in [3.05, 3.63) is 42.0 Å². The van der Waals surface area contributed by atoms with Crippen LogP contribution in [0.3, 0.4) is 0 Å². The zero-order chi connectivity index (χ0) is 15.1. The van der Waals surface area contributed by atoms with E-state index in [1.807, 2.05) is 23.7 Å². The molecule has 0 aliphatic rings. The molecule has 5 heteroatoms. The molecule has 5 nitrogen and oxygen atoms in total. The van der Waals surface area contributed by atoms with Crippen molar-refractivity contribution in [1.82, 2.24) is 20.1 Å². The van der Waals surface area contributed by atoms with Gasteiger partial charge in [-0.3, -0.25) is 0 Å². The fraction of sp³-hybridized carbons (Fsp3) is 0.500. The van der Waals surface area contributed by atoms with E-state index < -0.39 is 0 Å². The third-order valence-corrected chi connectivity index (χ3v) is 3.52. The first-order valence-electron chi connectivity index (χ1n) is 7.47. The van der Waals surface area contributed by atoms with Gasteiger partial charge < -0.3 is 14.6 Å². The van der Waals surface area contributed by atoms with Crippen LogP contribution in [-0.2, 0) is 20.1 Å². The minimum absolute atomic E-state index is 0.438. The lowest BCUT2D eigenvalue weighted by Gasteiger charge is -2.12. The fourth-order valence-electron chi connectivity index (χ4n) is 2.17. The van der Waals surface area contributed by atoms with Gasteiger partial charge in [0, 0.05) is 13.1 Å². The Morgan fingerprint density at radius 1 is 1.29 bits per heavy atom. The molecule has 0 saturated heterocycles. The van der Waals surface area contributed by atoms with Gasteiger partial charge in [-0.15, -0.1) is 10.2 Å². The van der Waals surface area contributed by atoms with E-state index >= 15 is 0 Å². The van der Waals surface area contributed by atoms with Gasteiger partial charge in [0.15, 0.2) is 5.82 Å². The first kappa shape index (κ1) is 15.5. The van der Waals surface area contributed by atoms with E-state index in [1.165, 1.54) is 5.56 Å². The molecular formula is C16H24N4O. The highest BCUT2D eigenvalue weighted by Crippen LogP contribution is 2.15. The zero-order valence-electron chi connectivity index (χ0n) is 13.0. The van der Waals surface area contributed by atoms with Crippen molar-refractivity contribution < 1.29 is 4.74 Å². The Balaban J connectivity index is 1.80. The molecule has 0 fully saturated rings. The van der Waals surface area contributed by atoms with Crippen LogP contribution < -0.4 is 10.1 Å². The van der Waals surface area contributed by atoms with Crippen molar-refractivity contribution in [2.75, 3.05) is 6.54 Å². The van der Waals surface area contributed by atoms with Crippen LogP contribution in [0.5, 0.6) is 5.75 Å². The third kappa shape index (κ3) is 4.86. The predicted octanol–water partition coefficient (Wildman–Crippen LogP) is 2.32. The lowest BCUT2D eigenvalue weighted by molar-refractivity contribution is 0.291. The van der Waals surface area contributed by atoms with E-state index in [0.29, 0.717) is 12.6 Å². The van der Waals surface area contributed by atoms with Gasteiger partial charge >= 0.3 is 0 Å². The van der Waals surface area contributed by atoms with Crippen molar-refractivity contribution in [2.24, 2.45) is 7.05 Å². The first-order valence-corrected chi connectivity index (χ1v) is 7.47. The molecule has 1 heterocycles. The lowest BCUT2D eigenvalue weighted by Crippen LogP contribution is -2.25. The van der Waals surface area contributed by atoms with E-state index in [1.54, 1.807) is 6.33 Å². The molecule has 2 rings (SSSR count). The number of aryl methyl sites for hydroxylation is 2. The number of nitrogens with one attached hydrogen (secondary N) is 1. The van der Waals surface area contributed by atoms with Gasteiger partial charge in [-0.25, -0.2) is 0 Å². The summed E-state index contributed by atoms with van der Waals surface area (Å²) in [6.45, 7) is 5.82. The summed E-state index contributed by atoms with van der Waals surface area (Å²) >= 11 is 0. The fourth-order valence-corrected chi connectivity index (χ4v) is 2.17. The zero-order valence-corrected chi connectivity index (χ0v) is 13.0. The number of ether oxygens (including phenoxy) is 1. The van der Waals surface area contributed by atoms with Gasteiger partial charge in [0.05, 0.1) is 0 Å². The lowest BCUT2D eigenvalue weighted by atomic mass is 10.1. The molecule has 0 spiro atoms. The highest BCUT2D eigenvalue weighted by Gasteiger charge is 2.03. The van der Waals surface area contributed by atoms with Crippen LogP contribution in [0.4, 0.5) is 0 Å². The second-order valence-corrected chi connectivity index (χ2v) is 5.29. The maximum atomic E-state index is 5.71. The van der Waals surface area contributed by atoms with Crippen molar-refractivity contribution in [3.8, 4) is 5.75 Å². The molecular weight excluding hydrogens is 264 g/mol. The molecule has 1 aromatic heterocycles. The monoisotopic (exact) mass is 288 g/mol. The highest BCUT2D eigenvalue weighted by molar-refractivity contribution is 5.27. The molecule has 0 aliphatic heterocycles. The Morgan fingerprint density at radius 3 is 2.67 bits per heavy atom. The smallest absolute Gasteiger partial charge is 0.170 e. The van der Waals surface area contributed by atoms with Crippen LogP contribution in [0.25, 0.3) is 0 Å². The van der Waals surface area contributed by atoms with Crippen LogP contribution in [0, 0.1) is 0 Å². The summed E-state index contributed by atoms with van der Waals surface area (Å²) in [7, 11) is 1.91. The molecule has 0 radical (unpaired) electrons.